The molecule has 0 amide bonds. The van der Waals surface area contributed by atoms with Gasteiger partial charge in [-0.3, -0.25) is 0 Å². The number of hydrogen-bond acceptors (Lipinski definition) is 5. The first kappa shape index (κ1) is 9.76. The molecule has 0 aliphatic heterocycles. The van der Waals surface area contributed by atoms with Gasteiger partial charge in [0, 0.05) is 16.0 Å². The van der Waals surface area contributed by atoms with Crippen molar-refractivity contribution in [3.8, 4) is 0 Å². The molecule has 2 heterocycles. The SMILES string of the molecule is CNC(c1ccns1)c1scnc1C. The molecular formula is C9H11N3S2. The number of nitrogens with one attached hydrogen (secondary N) is 1. The molecule has 1 atom stereocenters. The Kier molecular flexibility index (Phi) is 2.90. The summed E-state index contributed by atoms with van der Waals surface area (Å²) in [6, 6.07) is 2.29. The number of hydrogen-bond donors (Lipinski definition) is 1. The van der Waals surface area contributed by atoms with E-state index in [1.807, 2.05) is 31.7 Å². The van der Waals surface area contributed by atoms with Crippen molar-refractivity contribution in [2.45, 2.75) is 13.0 Å². The number of aryl methyl sites for hydroxylation is 1. The summed E-state index contributed by atoms with van der Waals surface area (Å²) in [6.07, 6.45) is 1.83. The Morgan fingerprint density at radius 1 is 1.50 bits per heavy atom. The highest BCUT2D eigenvalue weighted by molar-refractivity contribution is 7.10. The van der Waals surface area contributed by atoms with Crippen molar-refractivity contribution in [2.75, 3.05) is 7.05 Å². The van der Waals surface area contributed by atoms with Crippen molar-refractivity contribution in [3.63, 3.8) is 0 Å². The zero-order chi connectivity index (χ0) is 9.97. The van der Waals surface area contributed by atoms with E-state index in [1.165, 1.54) is 21.3 Å². The molecule has 1 N–H and O–H groups in total. The number of rotatable bonds is 3. The minimum absolute atomic E-state index is 0.245. The van der Waals surface area contributed by atoms with Gasteiger partial charge in [0.2, 0.25) is 0 Å². The average Bonchev–Trinajstić information content (AvgIpc) is 2.80. The molecule has 0 fully saturated rings. The Balaban J connectivity index is 2.36. The summed E-state index contributed by atoms with van der Waals surface area (Å²) in [6.45, 7) is 2.04. The lowest BCUT2D eigenvalue weighted by Crippen LogP contribution is -2.16. The minimum Gasteiger partial charge on any atom is -0.308 e. The van der Waals surface area contributed by atoms with E-state index in [-0.39, 0.29) is 6.04 Å². The van der Waals surface area contributed by atoms with Crippen molar-refractivity contribution in [1.82, 2.24) is 14.7 Å². The highest BCUT2D eigenvalue weighted by atomic mass is 32.1. The third-order valence-corrected chi connectivity index (χ3v) is 3.88. The maximum Gasteiger partial charge on any atom is 0.0798 e. The van der Waals surface area contributed by atoms with Gasteiger partial charge in [0.25, 0.3) is 0 Å². The molecule has 2 rings (SSSR count). The largest absolute Gasteiger partial charge is 0.308 e. The van der Waals surface area contributed by atoms with Gasteiger partial charge in [-0.2, -0.15) is 0 Å². The third kappa shape index (κ3) is 1.70. The van der Waals surface area contributed by atoms with Crippen LogP contribution < -0.4 is 5.32 Å². The van der Waals surface area contributed by atoms with Crippen LogP contribution in [0.5, 0.6) is 0 Å². The van der Waals surface area contributed by atoms with Gasteiger partial charge in [0.15, 0.2) is 0 Å². The van der Waals surface area contributed by atoms with E-state index in [2.05, 4.69) is 14.7 Å². The highest BCUT2D eigenvalue weighted by Gasteiger charge is 2.17. The maximum atomic E-state index is 4.26. The van der Waals surface area contributed by atoms with Crippen LogP contribution in [-0.4, -0.2) is 16.4 Å². The summed E-state index contributed by atoms with van der Waals surface area (Å²) in [5.74, 6) is 0. The van der Waals surface area contributed by atoms with E-state index >= 15 is 0 Å². The number of thiazole rings is 1. The maximum absolute atomic E-state index is 4.26. The van der Waals surface area contributed by atoms with E-state index < -0.39 is 0 Å². The summed E-state index contributed by atoms with van der Waals surface area (Å²) in [5, 5.41) is 3.29. The van der Waals surface area contributed by atoms with E-state index in [1.54, 1.807) is 11.3 Å². The van der Waals surface area contributed by atoms with E-state index in [0.717, 1.165) is 5.69 Å². The normalized spacial score (nSPS) is 13.0. The van der Waals surface area contributed by atoms with Crippen LogP contribution in [-0.2, 0) is 0 Å². The monoisotopic (exact) mass is 225 g/mol. The highest BCUT2D eigenvalue weighted by Crippen LogP contribution is 2.29. The van der Waals surface area contributed by atoms with Gasteiger partial charge < -0.3 is 5.32 Å². The molecule has 14 heavy (non-hydrogen) atoms. The van der Waals surface area contributed by atoms with Gasteiger partial charge >= 0.3 is 0 Å². The molecule has 0 spiro atoms. The van der Waals surface area contributed by atoms with Gasteiger partial charge in [-0.15, -0.1) is 11.3 Å². The van der Waals surface area contributed by atoms with Gasteiger partial charge in [-0.25, -0.2) is 9.36 Å². The van der Waals surface area contributed by atoms with E-state index in [4.69, 9.17) is 0 Å². The molecule has 0 saturated heterocycles. The molecule has 3 nitrogen and oxygen atoms in total. The molecule has 0 aliphatic rings. The first-order valence-electron chi connectivity index (χ1n) is 4.30. The van der Waals surface area contributed by atoms with Crippen LogP contribution >= 0.6 is 22.9 Å². The molecule has 0 radical (unpaired) electrons. The smallest absolute Gasteiger partial charge is 0.0798 e. The van der Waals surface area contributed by atoms with Gasteiger partial charge in [-0.05, 0) is 31.6 Å². The fourth-order valence-corrected chi connectivity index (χ4v) is 3.07. The minimum atomic E-state index is 0.245. The molecule has 2 aromatic heterocycles. The number of aromatic nitrogens is 2. The van der Waals surface area contributed by atoms with Crippen LogP contribution in [0.4, 0.5) is 0 Å². The molecule has 1 unspecified atom stereocenters. The summed E-state index contributed by atoms with van der Waals surface area (Å²) < 4.78 is 4.12. The molecule has 0 aromatic carbocycles. The average molecular weight is 225 g/mol. The molecule has 0 saturated carbocycles. The van der Waals surface area contributed by atoms with Crippen LogP contribution in [0.3, 0.4) is 0 Å². The summed E-state index contributed by atoms with van der Waals surface area (Å²) in [5.41, 5.74) is 2.98. The first-order valence-corrected chi connectivity index (χ1v) is 5.96. The predicted molar refractivity (Wildman–Crippen MR) is 59.9 cm³/mol. The van der Waals surface area contributed by atoms with Gasteiger partial charge in [0.1, 0.15) is 0 Å². The van der Waals surface area contributed by atoms with E-state index in [9.17, 15) is 0 Å². The van der Waals surface area contributed by atoms with Crippen molar-refractivity contribution in [3.05, 3.63) is 33.2 Å². The Hall–Kier alpha value is -0.780. The summed E-state index contributed by atoms with van der Waals surface area (Å²) in [4.78, 5) is 6.77. The van der Waals surface area contributed by atoms with Crippen molar-refractivity contribution in [1.29, 1.82) is 0 Å². The Morgan fingerprint density at radius 3 is 2.86 bits per heavy atom. The first-order chi connectivity index (χ1) is 6.83. The number of nitrogens with zero attached hydrogens (tertiary/aromatic N) is 2. The standard InChI is InChI=1S/C9H11N3S2/c1-6-9(13-5-11-6)8(10-2)7-3-4-12-14-7/h3-5,8,10H,1-2H3. The molecule has 0 bridgehead atoms. The Morgan fingerprint density at radius 2 is 2.36 bits per heavy atom. The molecule has 5 heteroatoms. The predicted octanol–water partition coefficient (Wildman–Crippen LogP) is 2.22. The van der Waals surface area contributed by atoms with Crippen molar-refractivity contribution >= 4 is 22.9 Å². The lowest BCUT2D eigenvalue weighted by Gasteiger charge is -2.12. The third-order valence-electron chi connectivity index (χ3n) is 2.08. The van der Waals surface area contributed by atoms with Crippen molar-refractivity contribution < 1.29 is 0 Å². The quantitative estimate of drug-likeness (QED) is 0.870. The lowest BCUT2D eigenvalue weighted by atomic mass is 10.2. The molecule has 2 aromatic rings. The lowest BCUT2D eigenvalue weighted by molar-refractivity contribution is 0.710. The fraction of sp³-hybridized carbons (Fsp3) is 0.333. The summed E-state index contributed by atoms with van der Waals surface area (Å²) in [7, 11) is 1.96. The second-order valence-corrected chi connectivity index (χ2v) is 4.69. The van der Waals surface area contributed by atoms with Gasteiger partial charge in [-0.1, -0.05) is 0 Å². The second kappa shape index (κ2) is 4.16. The van der Waals surface area contributed by atoms with Crippen LogP contribution in [0.1, 0.15) is 21.5 Å². The van der Waals surface area contributed by atoms with Crippen LogP contribution in [0.15, 0.2) is 17.8 Å². The van der Waals surface area contributed by atoms with E-state index in [0.29, 0.717) is 0 Å². The molecule has 74 valence electrons. The second-order valence-electron chi connectivity index (χ2n) is 2.94. The molecule has 0 aliphatic carbocycles. The fourth-order valence-electron chi connectivity index (χ4n) is 1.37. The summed E-state index contributed by atoms with van der Waals surface area (Å²) >= 11 is 3.21. The van der Waals surface area contributed by atoms with Gasteiger partial charge in [0.05, 0.1) is 17.2 Å². The van der Waals surface area contributed by atoms with Crippen molar-refractivity contribution in [2.24, 2.45) is 0 Å². The topological polar surface area (TPSA) is 37.8 Å². The Bertz CT molecular complexity index is 394. The van der Waals surface area contributed by atoms with Crippen LogP contribution in [0, 0.1) is 6.92 Å². The van der Waals surface area contributed by atoms with Crippen LogP contribution in [0.2, 0.25) is 0 Å². The molecular weight excluding hydrogens is 214 g/mol. The van der Waals surface area contributed by atoms with Crippen LogP contribution in [0.25, 0.3) is 0 Å². The zero-order valence-corrected chi connectivity index (χ0v) is 9.65. The zero-order valence-electron chi connectivity index (χ0n) is 8.02. The Labute approximate surface area is 91.0 Å².